The Kier molecular flexibility index (Phi) is 5.08. The van der Waals surface area contributed by atoms with Crippen molar-refractivity contribution < 1.29 is 14.7 Å². The molecule has 0 aliphatic heterocycles. The molecule has 0 aliphatic rings. The van der Waals surface area contributed by atoms with E-state index in [0.717, 1.165) is 5.56 Å². The van der Waals surface area contributed by atoms with Crippen molar-refractivity contribution >= 4 is 40.2 Å². The van der Waals surface area contributed by atoms with Crippen LogP contribution in [-0.2, 0) is 11.2 Å². The summed E-state index contributed by atoms with van der Waals surface area (Å²) < 4.78 is 0. The fourth-order valence-electron chi connectivity index (χ4n) is 2.31. The summed E-state index contributed by atoms with van der Waals surface area (Å²) in [6.07, 6.45) is 0.927. The molecule has 122 valence electrons. The van der Waals surface area contributed by atoms with Crippen LogP contribution < -0.4 is 5.32 Å². The van der Waals surface area contributed by atoms with Gasteiger partial charge in [-0.25, -0.2) is 4.79 Å². The molecule has 0 saturated carbocycles. The summed E-state index contributed by atoms with van der Waals surface area (Å²) in [5.41, 5.74) is 2.75. The molecule has 2 aromatic heterocycles. The Labute approximate surface area is 147 Å². The molecule has 0 spiro atoms. The minimum atomic E-state index is -1.03. The smallest absolute Gasteiger partial charge is 0.338 e. The number of carbonyl (C=O) groups is 2. The SMILES string of the molecule is O=C(CCc1ccc(-c2cccs2)cc1)Nc1cscc1C(=O)O. The second kappa shape index (κ2) is 7.42. The van der Waals surface area contributed by atoms with E-state index in [1.54, 1.807) is 16.7 Å². The van der Waals surface area contributed by atoms with Crippen molar-refractivity contribution in [3.05, 3.63) is 63.7 Å². The molecular weight excluding hydrogens is 342 g/mol. The van der Waals surface area contributed by atoms with Gasteiger partial charge in [-0.3, -0.25) is 4.79 Å². The zero-order chi connectivity index (χ0) is 16.9. The number of amides is 1. The van der Waals surface area contributed by atoms with Gasteiger partial charge < -0.3 is 10.4 Å². The summed E-state index contributed by atoms with van der Waals surface area (Å²) in [4.78, 5) is 24.3. The number of carboxylic acids is 1. The molecule has 1 aromatic carbocycles. The van der Waals surface area contributed by atoms with E-state index in [1.807, 2.05) is 23.6 Å². The van der Waals surface area contributed by atoms with Gasteiger partial charge in [0.25, 0.3) is 0 Å². The third-order valence-electron chi connectivity index (χ3n) is 3.57. The number of benzene rings is 1. The highest BCUT2D eigenvalue weighted by Crippen LogP contribution is 2.25. The Balaban J connectivity index is 1.56. The van der Waals surface area contributed by atoms with Crippen molar-refractivity contribution in [3.8, 4) is 10.4 Å². The molecule has 0 saturated heterocycles. The molecule has 0 atom stereocenters. The largest absolute Gasteiger partial charge is 0.478 e. The summed E-state index contributed by atoms with van der Waals surface area (Å²) >= 11 is 2.95. The summed E-state index contributed by atoms with van der Waals surface area (Å²) in [7, 11) is 0. The third-order valence-corrected chi connectivity index (χ3v) is 5.23. The average Bonchev–Trinajstić information content (AvgIpc) is 3.25. The van der Waals surface area contributed by atoms with Gasteiger partial charge in [0, 0.05) is 22.1 Å². The second-order valence-corrected chi connectivity index (χ2v) is 6.92. The van der Waals surface area contributed by atoms with Crippen LogP contribution in [0.4, 0.5) is 5.69 Å². The van der Waals surface area contributed by atoms with Crippen LogP contribution in [0.3, 0.4) is 0 Å². The molecule has 6 heteroatoms. The van der Waals surface area contributed by atoms with Crippen molar-refractivity contribution in [1.82, 2.24) is 0 Å². The van der Waals surface area contributed by atoms with Gasteiger partial charge >= 0.3 is 5.97 Å². The molecule has 1 amide bonds. The molecule has 4 nitrogen and oxygen atoms in total. The fourth-order valence-corrected chi connectivity index (χ4v) is 3.80. The number of aromatic carboxylic acids is 1. The van der Waals surface area contributed by atoms with Crippen LogP contribution in [0.15, 0.2) is 52.5 Å². The Morgan fingerprint density at radius 3 is 2.54 bits per heavy atom. The summed E-state index contributed by atoms with van der Waals surface area (Å²) in [5.74, 6) is -1.21. The highest BCUT2D eigenvalue weighted by Gasteiger charge is 2.13. The van der Waals surface area contributed by atoms with Gasteiger partial charge in [-0.15, -0.1) is 22.7 Å². The van der Waals surface area contributed by atoms with Gasteiger partial charge in [-0.2, -0.15) is 0 Å². The Hall–Kier alpha value is -2.44. The number of nitrogens with one attached hydrogen (secondary N) is 1. The minimum absolute atomic E-state index is 0.133. The van der Waals surface area contributed by atoms with Crippen molar-refractivity contribution in [2.75, 3.05) is 5.32 Å². The maximum Gasteiger partial charge on any atom is 0.338 e. The van der Waals surface area contributed by atoms with Crippen LogP contribution in [0.5, 0.6) is 0 Å². The first kappa shape index (κ1) is 16.4. The number of rotatable bonds is 6. The quantitative estimate of drug-likeness (QED) is 0.669. The summed E-state index contributed by atoms with van der Waals surface area (Å²) in [6.45, 7) is 0. The molecular formula is C18H15NO3S2. The van der Waals surface area contributed by atoms with E-state index < -0.39 is 5.97 Å². The lowest BCUT2D eigenvalue weighted by molar-refractivity contribution is -0.116. The predicted octanol–water partition coefficient (Wildman–Crippen LogP) is 4.75. The standard InChI is InChI=1S/C18H15NO3S2/c20-17(19-15-11-23-10-14(15)18(21)22)8-5-12-3-6-13(7-4-12)16-2-1-9-24-16/h1-4,6-7,9-11H,5,8H2,(H,19,20)(H,21,22). The monoisotopic (exact) mass is 357 g/mol. The predicted molar refractivity (Wildman–Crippen MR) is 98.0 cm³/mol. The van der Waals surface area contributed by atoms with Gasteiger partial charge in [0.1, 0.15) is 0 Å². The van der Waals surface area contributed by atoms with Gasteiger partial charge in [0.2, 0.25) is 5.91 Å². The van der Waals surface area contributed by atoms with Gasteiger partial charge in [0.05, 0.1) is 11.3 Å². The van der Waals surface area contributed by atoms with E-state index in [9.17, 15) is 9.59 Å². The molecule has 2 N–H and O–H groups in total. The molecule has 0 unspecified atom stereocenters. The maximum absolute atomic E-state index is 12.0. The van der Waals surface area contributed by atoms with E-state index >= 15 is 0 Å². The van der Waals surface area contributed by atoms with Crippen molar-refractivity contribution in [2.24, 2.45) is 0 Å². The lowest BCUT2D eigenvalue weighted by Gasteiger charge is -2.05. The number of anilines is 1. The number of aryl methyl sites for hydroxylation is 1. The van der Waals surface area contributed by atoms with Crippen LogP contribution in [-0.4, -0.2) is 17.0 Å². The number of carboxylic acid groups (broad SMARTS) is 1. The van der Waals surface area contributed by atoms with E-state index in [2.05, 4.69) is 23.5 Å². The zero-order valence-corrected chi connectivity index (χ0v) is 14.3. The topological polar surface area (TPSA) is 66.4 Å². The summed E-state index contributed by atoms with van der Waals surface area (Å²) in [6, 6.07) is 12.3. The Morgan fingerprint density at radius 2 is 1.88 bits per heavy atom. The molecule has 2 heterocycles. The highest BCUT2D eigenvalue weighted by atomic mass is 32.1. The van der Waals surface area contributed by atoms with Crippen molar-refractivity contribution in [2.45, 2.75) is 12.8 Å². The number of thiophene rings is 2. The maximum atomic E-state index is 12.0. The fraction of sp³-hybridized carbons (Fsp3) is 0.111. The van der Waals surface area contributed by atoms with Gasteiger partial charge in [-0.05, 0) is 29.0 Å². The van der Waals surface area contributed by atoms with E-state index in [-0.39, 0.29) is 11.5 Å². The minimum Gasteiger partial charge on any atom is -0.478 e. The average molecular weight is 357 g/mol. The number of hydrogen-bond acceptors (Lipinski definition) is 4. The molecule has 3 rings (SSSR count). The lowest BCUT2D eigenvalue weighted by atomic mass is 10.1. The van der Waals surface area contributed by atoms with E-state index in [1.165, 1.54) is 27.2 Å². The second-order valence-electron chi connectivity index (χ2n) is 5.23. The molecule has 0 bridgehead atoms. The molecule has 3 aromatic rings. The molecule has 0 radical (unpaired) electrons. The van der Waals surface area contributed by atoms with E-state index in [4.69, 9.17) is 5.11 Å². The van der Waals surface area contributed by atoms with E-state index in [0.29, 0.717) is 18.5 Å². The Morgan fingerprint density at radius 1 is 1.08 bits per heavy atom. The first-order chi connectivity index (χ1) is 11.6. The Bertz CT molecular complexity index is 836. The van der Waals surface area contributed by atoms with Crippen LogP contribution >= 0.6 is 22.7 Å². The summed E-state index contributed by atoms with van der Waals surface area (Å²) in [5, 5.41) is 16.9. The van der Waals surface area contributed by atoms with Crippen LogP contribution in [0.1, 0.15) is 22.3 Å². The number of carbonyl (C=O) groups excluding carboxylic acids is 1. The molecule has 0 fully saturated rings. The lowest BCUT2D eigenvalue weighted by Crippen LogP contribution is -2.14. The van der Waals surface area contributed by atoms with Gasteiger partial charge in [-0.1, -0.05) is 30.3 Å². The van der Waals surface area contributed by atoms with Crippen molar-refractivity contribution in [1.29, 1.82) is 0 Å². The first-order valence-electron chi connectivity index (χ1n) is 7.35. The number of hydrogen-bond donors (Lipinski definition) is 2. The highest BCUT2D eigenvalue weighted by molar-refractivity contribution is 7.13. The first-order valence-corrected chi connectivity index (χ1v) is 9.18. The molecule has 0 aliphatic carbocycles. The van der Waals surface area contributed by atoms with Crippen LogP contribution in [0, 0.1) is 0 Å². The zero-order valence-electron chi connectivity index (χ0n) is 12.7. The molecule has 24 heavy (non-hydrogen) atoms. The normalized spacial score (nSPS) is 10.5. The van der Waals surface area contributed by atoms with Crippen LogP contribution in [0.2, 0.25) is 0 Å². The van der Waals surface area contributed by atoms with Crippen LogP contribution in [0.25, 0.3) is 10.4 Å². The van der Waals surface area contributed by atoms with Gasteiger partial charge in [0.15, 0.2) is 0 Å². The van der Waals surface area contributed by atoms with Crippen molar-refractivity contribution in [3.63, 3.8) is 0 Å². The third kappa shape index (κ3) is 3.90.